The molecule has 0 aliphatic rings. The molecule has 21 heavy (non-hydrogen) atoms. The average Bonchev–Trinajstić information content (AvgIpc) is 2.46. The van der Waals surface area contributed by atoms with Crippen LogP contribution in [0.3, 0.4) is 0 Å². The number of nitrogens with one attached hydrogen (secondary N) is 1. The van der Waals surface area contributed by atoms with Crippen LogP contribution in [-0.2, 0) is 6.54 Å². The summed E-state index contributed by atoms with van der Waals surface area (Å²) in [6.45, 7) is 2.21. The largest absolute Gasteiger partial charge is 0.348 e. The Hall–Kier alpha value is -2.47. The lowest BCUT2D eigenvalue weighted by molar-refractivity contribution is -0.384. The molecule has 0 saturated carbocycles. The lowest BCUT2D eigenvalue weighted by Crippen LogP contribution is -2.23. The Kier molecular flexibility index (Phi) is 4.49. The van der Waals surface area contributed by atoms with E-state index < -0.39 is 10.8 Å². The zero-order valence-electron chi connectivity index (χ0n) is 11.2. The van der Waals surface area contributed by atoms with Gasteiger partial charge in [0.15, 0.2) is 0 Å². The van der Waals surface area contributed by atoms with Gasteiger partial charge in [-0.2, -0.15) is 0 Å². The minimum atomic E-state index is -0.621. The van der Waals surface area contributed by atoms with Gasteiger partial charge in [0, 0.05) is 30.6 Å². The number of carbonyl (C=O) groups excluding carboxylic acids is 1. The molecule has 0 spiro atoms. The van der Waals surface area contributed by atoms with E-state index in [1.54, 1.807) is 12.4 Å². The van der Waals surface area contributed by atoms with Gasteiger partial charge in [-0.3, -0.25) is 19.9 Å². The van der Waals surface area contributed by atoms with Crippen LogP contribution in [0.1, 0.15) is 21.5 Å². The first-order chi connectivity index (χ1) is 9.99. The number of aryl methyl sites for hydroxylation is 1. The number of pyridine rings is 1. The number of halogens is 1. The van der Waals surface area contributed by atoms with Gasteiger partial charge in [-0.15, -0.1) is 0 Å². The number of hydrogen-bond acceptors (Lipinski definition) is 4. The van der Waals surface area contributed by atoms with Crippen molar-refractivity contribution in [2.75, 3.05) is 0 Å². The van der Waals surface area contributed by atoms with Gasteiger partial charge in [-0.25, -0.2) is 0 Å². The summed E-state index contributed by atoms with van der Waals surface area (Å²) in [5, 5.41) is 13.5. The van der Waals surface area contributed by atoms with Gasteiger partial charge < -0.3 is 5.32 Å². The quantitative estimate of drug-likeness (QED) is 0.695. The first kappa shape index (κ1) is 14.9. The summed E-state index contributed by atoms with van der Waals surface area (Å²) in [6.07, 6.45) is 3.34. The lowest BCUT2D eigenvalue weighted by atomic mass is 10.1. The van der Waals surface area contributed by atoms with E-state index in [0.717, 1.165) is 17.2 Å². The van der Waals surface area contributed by atoms with Crippen molar-refractivity contribution < 1.29 is 9.72 Å². The van der Waals surface area contributed by atoms with Crippen molar-refractivity contribution in [1.29, 1.82) is 0 Å². The molecule has 0 atom stereocenters. The van der Waals surface area contributed by atoms with Gasteiger partial charge in [0.25, 0.3) is 11.6 Å². The van der Waals surface area contributed by atoms with Crippen LogP contribution < -0.4 is 5.32 Å². The molecule has 0 fully saturated rings. The van der Waals surface area contributed by atoms with Crippen molar-refractivity contribution in [2.24, 2.45) is 0 Å². The van der Waals surface area contributed by atoms with Crippen LogP contribution in [-0.4, -0.2) is 15.8 Å². The van der Waals surface area contributed by atoms with E-state index in [4.69, 9.17) is 11.6 Å². The Balaban J connectivity index is 2.12. The smallest absolute Gasteiger partial charge is 0.288 e. The van der Waals surface area contributed by atoms with Crippen LogP contribution in [0.2, 0.25) is 5.02 Å². The number of aromatic nitrogens is 1. The highest BCUT2D eigenvalue weighted by Gasteiger charge is 2.16. The number of benzene rings is 1. The molecule has 0 radical (unpaired) electrons. The minimum absolute atomic E-state index is 0.000321. The van der Waals surface area contributed by atoms with Gasteiger partial charge in [0.1, 0.15) is 5.02 Å². The standard InChI is InChI=1S/C14H12ClN3O3/c1-9-4-5-16-7-11(9)8-17-14(19)10-2-3-12(15)13(6-10)18(20)21/h2-7H,8H2,1H3,(H,17,19). The maximum atomic E-state index is 12.0. The number of hydrogen-bond donors (Lipinski definition) is 1. The third-order valence-electron chi connectivity index (χ3n) is 2.99. The molecule has 0 saturated heterocycles. The second kappa shape index (κ2) is 6.32. The maximum absolute atomic E-state index is 12.0. The van der Waals surface area contributed by atoms with Gasteiger partial charge in [-0.1, -0.05) is 11.6 Å². The highest BCUT2D eigenvalue weighted by atomic mass is 35.5. The summed E-state index contributed by atoms with van der Waals surface area (Å²) >= 11 is 5.71. The maximum Gasteiger partial charge on any atom is 0.288 e. The molecule has 6 nitrogen and oxygen atoms in total. The predicted octanol–water partition coefficient (Wildman–Crippen LogP) is 2.88. The van der Waals surface area contributed by atoms with E-state index in [9.17, 15) is 14.9 Å². The first-order valence-corrected chi connectivity index (χ1v) is 6.48. The topological polar surface area (TPSA) is 85.1 Å². The Bertz CT molecular complexity index is 704. The highest BCUT2D eigenvalue weighted by Crippen LogP contribution is 2.25. The molecule has 7 heteroatoms. The molecule has 108 valence electrons. The summed E-state index contributed by atoms with van der Waals surface area (Å²) in [5.41, 5.74) is 1.79. The van der Waals surface area contributed by atoms with Crippen molar-refractivity contribution in [3.05, 3.63) is 68.5 Å². The number of nitro benzene ring substituents is 1. The zero-order chi connectivity index (χ0) is 15.4. The van der Waals surface area contributed by atoms with Crippen LogP contribution in [0.5, 0.6) is 0 Å². The molecule has 2 aromatic rings. The molecular formula is C14H12ClN3O3. The van der Waals surface area contributed by atoms with Crippen LogP contribution >= 0.6 is 11.6 Å². The molecule has 2 rings (SSSR count). The van der Waals surface area contributed by atoms with Gasteiger partial charge >= 0.3 is 0 Å². The Morgan fingerprint density at radius 2 is 2.19 bits per heavy atom. The molecular weight excluding hydrogens is 294 g/mol. The molecule has 1 aromatic carbocycles. The third-order valence-corrected chi connectivity index (χ3v) is 3.31. The van der Waals surface area contributed by atoms with E-state index >= 15 is 0 Å². The molecule has 0 aliphatic heterocycles. The second-order valence-corrected chi connectivity index (χ2v) is 4.82. The molecule has 1 amide bonds. The van der Waals surface area contributed by atoms with Crippen LogP contribution in [0, 0.1) is 17.0 Å². The SMILES string of the molecule is Cc1ccncc1CNC(=O)c1ccc(Cl)c([N+](=O)[O-])c1. The highest BCUT2D eigenvalue weighted by molar-refractivity contribution is 6.32. The average molecular weight is 306 g/mol. The molecule has 1 N–H and O–H groups in total. The number of carbonyl (C=O) groups is 1. The van der Waals surface area contributed by atoms with Crippen LogP contribution in [0.25, 0.3) is 0 Å². The Labute approximate surface area is 125 Å². The number of nitrogens with zero attached hydrogens (tertiary/aromatic N) is 2. The third kappa shape index (κ3) is 3.55. The van der Waals surface area contributed by atoms with Crippen molar-refractivity contribution in [1.82, 2.24) is 10.3 Å². The van der Waals surface area contributed by atoms with Crippen molar-refractivity contribution in [3.63, 3.8) is 0 Å². The fourth-order valence-electron chi connectivity index (χ4n) is 1.75. The number of nitro groups is 1. The van der Waals surface area contributed by atoms with Crippen LogP contribution in [0.4, 0.5) is 5.69 Å². The number of rotatable bonds is 4. The fourth-order valence-corrected chi connectivity index (χ4v) is 1.94. The minimum Gasteiger partial charge on any atom is -0.348 e. The van der Waals surface area contributed by atoms with Crippen molar-refractivity contribution in [2.45, 2.75) is 13.5 Å². The second-order valence-electron chi connectivity index (χ2n) is 4.41. The Morgan fingerprint density at radius 1 is 1.43 bits per heavy atom. The summed E-state index contributed by atoms with van der Waals surface area (Å²) < 4.78 is 0. The van der Waals surface area contributed by atoms with E-state index in [1.807, 2.05) is 13.0 Å². The van der Waals surface area contributed by atoms with Gasteiger partial charge in [0.2, 0.25) is 0 Å². The molecule has 1 aromatic heterocycles. The summed E-state index contributed by atoms with van der Waals surface area (Å²) in [6, 6.07) is 5.78. The molecule has 0 aliphatic carbocycles. The summed E-state index contributed by atoms with van der Waals surface area (Å²) in [5.74, 6) is -0.405. The number of amides is 1. The van der Waals surface area contributed by atoms with Gasteiger partial charge in [-0.05, 0) is 36.2 Å². The lowest BCUT2D eigenvalue weighted by Gasteiger charge is -2.07. The first-order valence-electron chi connectivity index (χ1n) is 6.10. The molecule has 1 heterocycles. The fraction of sp³-hybridized carbons (Fsp3) is 0.143. The van der Waals surface area contributed by atoms with E-state index in [-0.39, 0.29) is 16.3 Å². The molecule has 0 bridgehead atoms. The monoisotopic (exact) mass is 305 g/mol. The summed E-state index contributed by atoms with van der Waals surface area (Å²) in [4.78, 5) is 26.2. The summed E-state index contributed by atoms with van der Waals surface area (Å²) in [7, 11) is 0. The van der Waals surface area contributed by atoms with E-state index in [0.29, 0.717) is 6.54 Å². The molecule has 0 unspecified atom stereocenters. The normalized spacial score (nSPS) is 10.2. The van der Waals surface area contributed by atoms with Crippen LogP contribution in [0.15, 0.2) is 36.7 Å². The van der Waals surface area contributed by atoms with Crippen molar-refractivity contribution >= 4 is 23.2 Å². The van der Waals surface area contributed by atoms with Gasteiger partial charge in [0.05, 0.1) is 4.92 Å². The van der Waals surface area contributed by atoms with E-state index in [2.05, 4.69) is 10.3 Å². The predicted molar refractivity (Wildman–Crippen MR) is 78.3 cm³/mol. The van der Waals surface area contributed by atoms with Crippen molar-refractivity contribution in [3.8, 4) is 0 Å². The Morgan fingerprint density at radius 3 is 2.86 bits per heavy atom. The zero-order valence-corrected chi connectivity index (χ0v) is 11.9. The van der Waals surface area contributed by atoms with E-state index in [1.165, 1.54) is 12.1 Å².